The van der Waals surface area contributed by atoms with Crippen LogP contribution in [0.4, 0.5) is 0 Å². The average Bonchev–Trinajstić information content (AvgIpc) is 2.73. The van der Waals surface area contributed by atoms with Gasteiger partial charge in [-0.2, -0.15) is 5.26 Å². The molecule has 0 bridgehead atoms. The quantitative estimate of drug-likeness (QED) is 0.719. The summed E-state index contributed by atoms with van der Waals surface area (Å²) in [6, 6.07) is 18.1. The van der Waals surface area contributed by atoms with E-state index in [1.54, 1.807) is 36.4 Å². The van der Waals surface area contributed by atoms with E-state index in [1.165, 1.54) is 0 Å². The van der Waals surface area contributed by atoms with Crippen LogP contribution in [0.2, 0.25) is 5.02 Å². The molecule has 1 aliphatic rings. The maximum absolute atomic E-state index is 11.9. The fourth-order valence-electron chi connectivity index (χ4n) is 4.03. The van der Waals surface area contributed by atoms with Gasteiger partial charge in [0.15, 0.2) is 5.41 Å². The number of benzene rings is 2. The molecule has 0 saturated carbocycles. The van der Waals surface area contributed by atoms with Crippen LogP contribution in [-0.2, 0) is 15.8 Å². The van der Waals surface area contributed by atoms with Gasteiger partial charge in [0.2, 0.25) is 0 Å². The van der Waals surface area contributed by atoms with Crippen molar-refractivity contribution in [3.8, 4) is 6.07 Å². The molecule has 1 fully saturated rings. The highest BCUT2D eigenvalue weighted by Gasteiger charge is 2.41. The lowest BCUT2D eigenvalue weighted by molar-refractivity contribution is -0.141. The Labute approximate surface area is 176 Å². The maximum atomic E-state index is 11.9. The highest BCUT2D eigenvalue weighted by atomic mass is 35.5. The minimum atomic E-state index is -1.53. The zero-order valence-electron chi connectivity index (χ0n) is 16.2. The summed E-state index contributed by atoms with van der Waals surface area (Å²) in [6.07, 6.45) is 2.06. The average molecular weight is 413 g/mol. The predicted octanol–water partition coefficient (Wildman–Crippen LogP) is 3.95. The first-order chi connectivity index (χ1) is 13.9. The van der Waals surface area contributed by atoms with Crippen LogP contribution < -0.4 is 0 Å². The number of piperidine rings is 1. The van der Waals surface area contributed by atoms with Crippen LogP contribution in [0.1, 0.15) is 36.8 Å². The van der Waals surface area contributed by atoms with E-state index in [-0.39, 0.29) is 6.42 Å². The lowest BCUT2D eigenvalue weighted by Gasteiger charge is -2.38. The number of carboxylic acids is 1. The summed E-state index contributed by atoms with van der Waals surface area (Å²) in [5.74, 6) is -1.11. The van der Waals surface area contributed by atoms with Gasteiger partial charge < -0.3 is 15.1 Å². The molecule has 0 spiro atoms. The van der Waals surface area contributed by atoms with E-state index in [1.807, 2.05) is 24.3 Å². The lowest BCUT2D eigenvalue weighted by Crippen LogP contribution is -2.43. The van der Waals surface area contributed by atoms with Crippen molar-refractivity contribution < 1.29 is 15.0 Å². The Hall–Kier alpha value is -2.39. The van der Waals surface area contributed by atoms with Crippen molar-refractivity contribution in [2.24, 2.45) is 0 Å². The Bertz CT molecular complexity index is 871. The van der Waals surface area contributed by atoms with Gasteiger partial charge in [0.25, 0.3) is 0 Å². The minimum Gasteiger partial charge on any atom is -0.480 e. The van der Waals surface area contributed by atoms with Crippen LogP contribution in [0.25, 0.3) is 0 Å². The van der Waals surface area contributed by atoms with Crippen LogP contribution in [0, 0.1) is 11.3 Å². The molecule has 2 aromatic rings. The number of likely N-dealkylation sites (tertiary alicyclic amines) is 1. The van der Waals surface area contributed by atoms with Gasteiger partial charge in [-0.25, -0.2) is 0 Å². The summed E-state index contributed by atoms with van der Waals surface area (Å²) in [6.45, 7) is 2.13. The molecule has 6 heteroatoms. The molecule has 29 heavy (non-hydrogen) atoms. The standard InChI is InChI=1S/C23H25ClN2O3/c24-20-9-7-19(8-10-20)23(29)12-15-26(16-13-23)14-4-11-22(17-25,21(27)28)18-5-2-1-3-6-18/h1-3,5-10,29H,4,11-16H2,(H,27,28). The van der Waals surface area contributed by atoms with Crippen molar-refractivity contribution in [1.29, 1.82) is 5.26 Å². The summed E-state index contributed by atoms with van der Waals surface area (Å²) < 4.78 is 0. The lowest BCUT2D eigenvalue weighted by atomic mass is 9.78. The van der Waals surface area contributed by atoms with E-state index < -0.39 is 17.0 Å². The van der Waals surface area contributed by atoms with Gasteiger partial charge in [-0.1, -0.05) is 54.1 Å². The number of hydrogen-bond acceptors (Lipinski definition) is 4. The monoisotopic (exact) mass is 412 g/mol. The maximum Gasteiger partial charge on any atom is 0.328 e. The molecule has 2 N–H and O–H groups in total. The Morgan fingerprint density at radius 2 is 1.76 bits per heavy atom. The fraction of sp³-hybridized carbons (Fsp3) is 0.391. The van der Waals surface area contributed by atoms with Crippen LogP contribution in [0.15, 0.2) is 54.6 Å². The number of rotatable bonds is 7. The highest BCUT2D eigenvalue weighted by Crippen LogP contribution is 2.34. The van der Waals surface area contributed by atoms with Crippen molar-refractivity contribution in [2.75, 3.05) is 19.6 Å². The Morgan fingerprint density at radius 1 is 1.14 bits per heavy atom. The van der Waals surface area contributed by atoms with Gasteiger partial charge in [-0.05, 0) is 55.5 Å². The smallest absolute Gasteiger partial charge is 0.328 e. The van der Waals surface area contributed by atoms with E-state index >= 15 is 0 Å². The van der Waals surface area contributed by atoms with E-state index in [9.17, 15) is 20.3 Å². The highest BCUT2D eigenvalue weighted by molar-refractivity contribution is 6.30. The molecular formula is C23H25ClN2O3. The molecular weight excluding hydrogens is 388 g/mol. The van der Waals surface area contributed by atoms with E-state index in [2.05, 4.69) is 4.90 Å². The van der Waals surface area contributed by atoms with Crippen molar-refractivity contribution in [3.05, 3.63) is 70.7 Å². The molecule has 1 heterocycles. The second kappa shape index (κ2) is 8.96. The molecule has 1 saturated heterocycles. The number of nitriles is 1. The summed E-state index contributed by atoms with van der Waals surface area (Å²) >= 11 is 5.94. The van der Waals surface area contributed by atoms with Gasteiger partial charge in [-0.15, -0.1) is 0 Å². The largest absolute Gasteiger partial charge is 0.480 e. The Kier molecular flexibility index (Phi) is 6.59. The fourth-order valence-corrected chi connectivity index (χ4v) is 4.15. The molecule has 0 aliphatic carbocycles. The zero-order chi connectivity index (χ0) is 20.9. The molecule has 3 rings (SSSR count). The second-order valence-electron chi connectivity index (χ2n) is 7.67. The number of hydrogen-bond donors (Lipinski definition) is 2. The van der Waals surface area contributed by atoms with Gasteiger partial charge in [0.05, 0.1) is 11.7 Å². The number of halogens is 1. The van der Waals surface area contributed by atoms with Crippen LogP contribution >= 0.6 is 11.6 Å². The van der Waals surface area contributed by atoms with Gasteiger partial charge in [0, 0.05) is 18.1 Å². The van der Waals surface area contributed by atoms with Crippen LogP contribution in [-0.4, -0.2) is 40.7 Å². The summed E-state index contributed by atoms with van der Waals surface area (Å²) in [4.78, 5) is 14.1. The third-order valence-electron chi connectivity index (χ3n) is 5.91. The normalized spacial score (nSPS) is 18.5. The Balaban J connectivity index is 1.58. The van der Waals surface area contributed by atoms with Gasteiger partial charge in [-0.3, -0.25) is 4.79 Å². The molecule has 0 aromatic heterocycles. The minimum absolute atomic E-state index is 0.251. The van der Waals surface area contributed by atoms with E-state index in [0.717, 1.165) is 18.7 Å². The first kappa shape index (κ1) is 21.3. The van der Waals surface area contributed by atoms with Crippen LogP contribution in [0.3, 0.4) is 0 Å². The third kappa shape index (κ3) is 4.62. The first-order valence-corrected chi connectivity index (χ1v) is 10.2. The molecule has 1 atom stereocenters. The number of carboxylic acid groups (broad SMARTS) is 1. The number of aliphatic hydroxyl groups is 1. The molecule has 152 valence electrons. The molecule has 1 unspecified atom stereocenters. The number of nitrogens with zero attached hydrogens (tertiary/aromatic N) is 2. The van der Waals surface area contributed by atoms with E-state index in [4.69, 9.17) is 11.6 Å². The van der Waals surface area contributed by atoms with Crippen molar-refractivity contribution in [3.63, 3.8) is 0 Å². The number of carbonyl (C=O) groups is 1. The SMILES string of the molecule is N#CC(CCCN1CCC(O)(c2ccc(Cl)cc2)CC1)(C(=O)O)c1ccccc1. The summed E-state index contributed by atoms with van der Waals surface area (Å²) in [5, 5.41) is 31.0. The predicted molar refractivity (Wildman–Crippen MR) is 112 cm³/mol. The third-order valence-corrected chi connectivity index (χ3v) is 6.17. The summed E-state index contributed by atoms with van der Waals surface area (Å²) in [5.41, 5.74) is -0.991. The second-order valence-corrected chi connectivity index (χ2v) is 8.11. The zero-order valence-corrected chi connectivity index (χ0v) is 17.0. The van der Waals surface area contributed by atoms with Crippen LogP contribution in [0.5, 0.6) is 0 Å². The topological polar surface area (TPSA) is 84.6 Å². The molecule has 1 aliphatic heterocycles. The van der Waals surface area contributed by atoms with Gasteiger partial charge >= 0.3 is 5.97 Å². The van der Waals surface area contributed by atoms with Crippen molar-refractivity contribution in [2.45, 2.75) is 36.7 Å². The Morgan fingerprint density at radius 3 is 2.31 bits per heavy atom. The first-order valence-electron chi connectivity index (χ1n) is 9.81. The molecule has 0 amide bonds. The van der Waals surface area contributed by atoms with E-state index in [0.29, 0.717) is 36.4 Å². The van der Waals surface area contributed by atoms with Gasteiger partial charge in [0.1, 0.15) is 0 Å². The molecule has 0 radical (unpaired) electrons. The van der Waals surface area contributed by atoms with Crippen molar-refractivity contribution >= 4 is 17.6 Å². The molecule has 2 aromatic carbocycles. The number of aliphatic carboxylic acids is 1. The summed E-state index contributed by atoms with van der Waals surface area (Å²) in [7, 11) is 0. The molecule has 5 nitrogen and oxygen atoms in total. The van der Waals surface area contributed by atoms with Crippen molar-refractivity contribution in [1.82, 2.24) is 4.90 Å².